The Morgan fingerprint density at radius 3 is 1.38 bits per heavy atom. The fraction of sp³-hybridized carbons (Fsp3) is 0.100. The lowest BCUT2D eigenvalue weighted by Gasteiger charge is -2.24. The van der Waals surface area contributed by atoms with Gasteiger partial charge < -0.3 is 9.13 Å². The Bertz CT molecular complexity index is 2420. The lowest BCUT2D eigenvalue weighted by atomic mass is 9.93. The molecule has 8 aromatic rings. The van der Waals surface area contributed by atoms with E-state index in [0.29, 0.717) is 22.1 Å². The number of fused-ring (bicyclic) bond motifs is 6. The highest BCUT2D eigenvalue weighted by Crippen LogP contribution is 2.48. The molecule has 8 rings (SSSR count). The molecule has 0 saturated heterocycles. The van der Waals surface area contributed by atoms with Crippen LogP contribution in [-0.2, 0) is 12.4 Å². The molecule has 2 aromatic heterocycles. The van der Waals surface area contributed by atoms with E-state index < -0.39 is 23.5 Å². The zero-order valence-corrected chi connectivity index (χ0v) is 25.7. The standard InChI is InChI=1S/C40H26F6N2/c1-23-11-9-19-32-36(23)27-14-4-7-17-30(27)47(32)34-21-25(39(41,42)43)22-35(38(34)26-13-3-6-16-29(26)40(44,45)46)48-31-18-8-5-15-28(31)37-24(2)12-10-20-33(37)48/h3-22H,1-2H3. The van der Waals surface area contributed by atoms with Crippen molar-refractivity contribution in [2.75, 3.05) is 0 Å². The molecule has 0 radical (unpaired) electrons. The van der Waals surface area contributed by atoms with E-state index in [4.69, 9.17) is 0 Å². The first-order valence-corrected chi connectivity index (χ1v) is 15.4. The number of alkyl halides is 6. The molecular formula is C40H26F6N2. The Balaban J connectivity index is 1.67. The molecule has 0 unspecified atom stereocenters. The van der Waals surface area contributed by atoms with Crippen molar-refractivity contribution in [3.8, 4) is 22.5 Å². The van der Waals surface area contributed by atoms with Crippen LogP contribution in [0, 0.1) is 13.8 Å². The van der Waals surface area contributed by atoms with E-state index in [1.54, 1.807) is 57.7 Å². The molecule has 0 spiro atoms. The molecular weight excluding hydrogens is 622 g/mol. The topological polar surface area (TPSA) is 9.86 Å². The van der Waals surface area contributed by atoms with Crippen LogP contribution in [0.1, 0.15) is 22.3 Å². The number of benzene rings is 6. The van der Waals surface area contributed by atoms with Crippen LogP contribution in [0.2, 0.25) is 0 Å². The zero-order chi connectivity index (χ0) is 33.5. The number of aromatic nitrogens is 2. The molecule has 0 bridgehead atoms. The molecule has 0 saturated carbocycles. The Morgan fingerprint density at radius 2 is 0.896 bits per heavy atom. The summed E-state index contributed by atoms with van der Waals surface area (Å²) in [6, 6.07) is 32.7. The van der Waals surface area contributed by atoms with Gasteiger partial charge in [0.05, 0.1) is 44.6 Å². The van der Waals surface area contributed by atoms with E-state index in [2.05, 4.69) is 0 Å². The lowest BCUT2D eigenvalue weighted by molar-refractivity contribution is -0.138. The summed E-state index contributed by atoms with van der Waals surface area (Å²) in [7, 11) is 0. The number of para-hydroxylation sites is 2. The average molecular weight is 649 g/mol. The molecule has 0 amide bonds. The summed E-state index contributed by atoms with van der Waals surface area (Å²) in [5, 5.41) is 3.20. The third-order valence-corrected chi connectivity index (χ3v) is 9.22. The van der Waals surface area contributed by atoms with Gasteiger partial charge in [-0.3, -0.25) is 0 Å². The van der Waals surface area contributed by atoms with E-state index in [9.17, 15) is 13.2 Å². The molecule has 0 fully saturated rings. The number of halogens is 6. The Kier molecular flexibility index (Phi) is 6.54. The van der Waals surface area contributed by atoms with Gasteiger partial charge in [-0.15, -0.1) is 0 Å². The molecule has 238 valence electrons. The molecule has 6 aromatic carbocycles. The Hall–Kier alpha value is -5.50. The maximum Gasteiger partial charge on any atom is 0.417 e. The average Bonchev–Trinajstić information content (AvgIpc) is 3.58. The number of aryl methyl sites for hydroxylation is 2. The maximum absolute atomic E-state index is 15.0. The normalized spacial score (nSPS) is 12.6. The van der Waals surface area contributed by atoms with Gasteiger partial charge in [0.25, 0.3) is 0 Å². The second-order valence-corrected chi connectivity index (χ2v) is 12.1. The second kappa shape index (κ2) is 10.5. The summed E-state index contributed by atoms with van der Waals surface area (Å²) in [5.41, 5.74) is 2.00. The first-order chi connectivity index (χ1) is 22.9. The van der Waals surface area contributed by atoms with Gasteiger partial charge in [-0.1, -0.05) is 78.9 Å². The Morgan fingerprint density at radius 1 is 0.458 bits per heavy atom. The Labute approximate surface area is 271 Å². The van der Waals surface area contributed by atoms with Crippen LogP contribution in [0.25, 0.3) is 66.1 Å². The summed E-state index contributed by atoms with van der Waals surface area (Å²) in [6.07, 6.45) is -9.60. The number of rotatable bonds is 3. The van der Waals surface area contributed by atoms with Gasteiger partial charge in [-0.25, -0.2) is 0 Å². The third-order valence-electron chi connectivity index (χ3n) is 9.22. The van der Waals surface area contributed by atoms with Gasteiger partial charge in [0, 0.05) is 27.1 Å². The summed E-state index contributed by atoms with van der Waals surface area (Å²) in [5.74, 6) is 0. The van der Waals surface area contributed by atoms with E-state index in [-0.39, 0.29) is 22.5 Å². The summed E-state index contributed by atoms with van der Waals surface area (Å²) in [6.45, 7) is 3.83. The quantitative estimate of drug-likeness (QED) is 0.169. The van der Waals surface area contributed by atoms with Crippen LogP contribution >= 0.6 is 0 Å². The molecule has 48 heavy (non-hydrogen) atoms. The molecule has 0 atom stereocenters. The zero-order valence-electron chi connectivity index (χ0n) is 25.7. The number of nitrogens with zero attached hydrogens (tertiary/aromatic N) is 2. The van der Waals surface area contributed by atoms with Crippen molar-refractivity contribution in [1.82, 2.24) is 9.13 Å². The minimum atomic E-state index is -4.81. The van der Waals surface area contributed by atoms with Crippen molar-refractivity contribution < 1.29 is 26.3 Å². The molecule has 8 heteroatoms. The fourth-order valence-electron chi connectivity index (χ4n) is 7.27. The summed E-state index contributed by atoms with van der Waals surface area (Å²) >= 11 is 0. The maximum atomic E-state index is 15.0. The largest absolute Gasteiger partial charge is 0.417 e. The lowest BCUT2D eigenvalue weighted by Crippen LogP contribution is -2.13. The highest BCUT2D eigenvalue weighted by molar-refractivity contribution is 6.13. The van der Waals surface area contributed by atoms with Gasteiger partial charge in [0.1, 0.15) is 0 Å². The monoisotopic (exact) mass is 648 g/mol. The van der Waals surface area contributed by atoms with Gasteiger partial charge in [0.2, 0.25) is 0 Å². The SMILES string of the molecule is Cc1cccc2c1c1ccccc1n2-c1cc(C(F)(F)F)cc(-n2c3ccccc3c3c(C)cccc32)c1-c1ccccc1C(F)(F)F. The fourth-order valence-corrected chi connectivity index (χ4v) is 7.27. The van der Waals surface area contributed by atoms with E-state index in [1.807, 2.05) is 50.2 Å². The number of hydrogen-bond donors (Lipinski definition) is 0. The van der Waals surface area contributed by atoms with Crippen LogP contribution in [0.5, 0.6) is 0 Å². The van der Waals surface area contributed by atoms with Gasteiger partial charge in [-0.05, 0) is 73.0 Å². The summed E-state index contributed by atoms with van der Waals surface area (Å²) in [4.78, 5) is 0. The van der Waals surface area contributed by atoms with Crippen molar-refractivity contribution >= 4 is 43.6 Å². The molecule has 2 nitrogen and oxygen atoms in total. The second-order valence-electron chi connectivity index (χ2n) is 12.1. The number of hydrogen-bond acceptors (Lipinski definition) is 0. The van der Waals surface area contributed by atoms with Crippen molar-refractivity contribution in [1.29, 1.82) is 0 Å². The van der Waals surface area contributed by atoms with E-state index in [0.717, 1.165) is 50.9 Å². The van der Waals surface area contributed by atoms with E-state index >= 15 is 13.2 Å². The van der Waals surface area contributed by atoms with Gasteiger partial charge in [-0.2, -0.15) is 26.3 Å². The molecule has 0 aliphatic carbocycles. The van der Waals surface area contributed by atoms with Crippen LogP contribution in [0.4, 0.5) is 26.3 Å². The molecule has 2 heterocycles. The molecule has 0 aliphatic rings. The van der Waals surface area contributed by atoms with Crippen LogP contribution in [0.3, 0.4) is 0 Å². The van der Waals surface area contributed by atoms with Crippen LogP contribution in [-0.4, -0.2) is 9.13 Å². The first kappa shape index (κ1) is 29.9. The highest BCUT2D eigenvalue weighted by Gasteiger charge is 2.38. The predicted molar refractivity (Wildman–Crippen MR) is 180 cm³/mol. The minimum Gasteiger partial charge on any atom is -0.309 e. The third kappa shape index (κ3) is 4.43. The smallest absolute Gasteiger partial charge is 0.309 e. The van der Waals surface area contributed by atoms with E-state index in [1.165, 1.54) is 18.2 Å². The molecule has 0 N–H and O–H groups in total. The molecule has 0 aliphatic heterocycles. The summed E-state index contributed by atoms with van der Waals surface area (Å²) < 4.78 is 93.0. The van der Waals surface area contributed by atoms with Crippen molar-refractivity contribution in [2.45, 2.75) is 26.2 Å². The van der Waals surface area contributed by atoms with Crippen LogP contribution in [0.15, 0.2) is 121 Å². The highest BCUT2D eigenvalue weighted by atomic mass is 19.4. The van der Waals surface area contributed by atoms with Crippen molar-refractivity contribution in [3.63, 3.8) is 0 Å². The minimum absolute atomic E-state index is 0.00749. The van der Waals surface area contributed by atoms with Crippen LogP contribution < -0.4 is 0 Å². The van der Waals surface area contributed by atoms with Crippen molar-refractivity contribution in [2.24, 2.45) is 0 Å². The van der Waals surface area contributed by atoms with Gasteiger partial charge in [0.15, 0.2) is 0 Å². The van der Waals surface area contributed by atoms with Crippen molar-refractivity contribution in [3.05, 3.63) is 144 Å². The first-order valence-electron chi connectivity index (χ1n) is 15.4. The predicted octanol–water partition coefficient (Wildman–Crippen LogP) is 12.2. The van der Waals surface area contributed by atoms with Gasteiger partial charge >= 0.3 is 12.4 Å².